The van der Waals surface area contributed by atoms with Gasteiger partial charge < -0.3 is 0 Å². The third-order valence-corrected chi connectivity index (χ3v) is 4.81. The molecule has 0 fully saturated rings. The summed E-state index contributed by atoms with van der Waals surface area (Å²) in [5.74, 6) is 0. The minimum atomic E-state index is -0.885. The van der Waals surface area contributed by atoms with Crippen LogP contribution in [0.4, 0.5) is 0 Å². The molecular weight excluding hydrogens is 324 g/mol. The van der Waals surface area contributed by atoms with Crippen molar-refractivity contribution < 1.29 is 0 Å². The molecule has 2 atom stereocenters. The zero-order chi connectivity index (χ0) is 17.9. The lowest BCUT2D eigenvalue weighted by molar-refractivity contribution is 0.578. The lowest BCUT2D eigenvalue weighted by Gasteiger charge is -2.19. The summed E-state index contributed by atoms with van der Waals surface area (Å²) >= 11 is 0. The van der Waals surface area contributed by atoms with Crippen LogP contribution in [0.2, 0.25) is 0 Å². The summed E-state index contributed by atoms with van der Waals surface area (Å²) in [4.78, 5) is 23.6. The highest BCUT2D eigenvalue weighted by Gasteiger charge is 2.29. The molecule has 0 bridgehead atoms. The molecule has 4 aromatic rings. The quantitative estimate of drug-likeness (QED) is 0.400. The van der Waals surface area contributed by atoms with Gasteiger partial charge in [-0.15, -0.1) is 0 Å². The fraction of sp³-hybridized carbons (Fsp3) is 0.0909. The summed E-state index contributed by atoms with van der Waals surface area (Å²) in [5.41, 5.74) is 1.44. The van der Waals surface area contributed by atoms with Gasteiger partial charge in [-0.1, -0.05) is 95.3 Å². The standard InChI is InChI=1S/C22H16N2O2/c25-23-21(19-13-5-9-15-7-1-3-11-17(15)19)22(24-26)20-14-6-10-16-8-2-4-12-18(16)20/h1-14,21-22H. The molecule has 0 saturated heterocycles. The summed E-state index contributed by atoms with van der Waals surface area (Å²) in [6.07, 6.45) is 0. The van der Waals surface area contributed by atoms with E-state index in [0.717, 1.165) is 32.7 Å². The first-order valence-corrected chi connectivity index (χ1v) is 8.43. The van der Waals surface area contributed by atoms with Gasteiger partial charge in [0.05, 0.1) is 0 Å². The van der Waals surface area contributed by atoms with Crippen LogP contribution in [0.5, 0.6) is 0 Å². The van der Waals surface area contributed by atoms with E-state index in [1.807, 2.05) is 84.9 Å². The molecule has 2 unspecified atom stereocenters. The summed E-state index contributed by atoms with van der Waals surface area (Å²) in [5, 5.41) is 10.5. The van der Waals surface area contributed by atoms with Crippen LogP contribution in [-0.2, 0) is 0 Å². The lowest BCUT2D eigenvalue weighted by Crippen LogP contribution is -2.08. The Balaban J connectivity index is 1.91. The molecule has 0 radical (unpaired) electrons. The Morgan fingerprint density at radius 1 is 0.500 bits per heavy atom. The number of hydrogen-bond acceptors (Lipinski definition) is 4. The van der Waals surface area contributed by atoms with Gasteiger partial charge in [0.25, 0.3) is 0 Å². The zero-order valence-electron chi connectivity index (χ0n) is 13.9. The van der Waals surface area contributed by atoms with E-state index >= 15 is 0 Å². The second-order valence-electron chi connectivity index (χ2n) is 6.24. The molecule has 0 aliphatic heterocycles. The third kappa shape index (κ3) is 2.65. The van der Waals surface area contributed by atoms with Crippen molar-refractivity contribution in [3.05, 3.63) is 106 Å². The van der Waals surface area contributed by atoms with Gasteiger partial charge in [0, 0.05) is 0 Å². The van der Waals surface area contributed by atoms with Crippen molar-refractivity contribution in [3.63, 3.8) is 0 Å². The molecule has 4 rings (SSSR count). The number of benzene rings is 4. The number of fused-ring (bicyclic) bond motifs is 2. The molecule has 4 heteroatoms. The molecule has 0 N–H and O–H groups in total. The van der Waals surface area contributed by atoms with E-state index in [1.54, 1.807) is 0 Å². The van der Waals surface area contributed by atoms with Gasteiger partial charge in [-0.25, -0.2) is 0 Å². The SMILES string of the molecule is O=NC(c1cccc2ccccc12)C(N=O)c1cccc2ccccc12. The van der Waals surface area contributed by atoms with E-state index in [1.165, 1.54) is 0 Å². The highest BCUT2D eigenvalue weighted by Crippen LogP contribution is 2.40. The minimum absolute atomic E-state index is 0.718. The molecular formula is C22H16N2O2. The molecule has 0 heterocycles. The van der Waals surface area contributed by atoms with Crippen molar-refractivity contribution in [2.45, 2.75) is 12.1 Å². The number of nitrogens with zero attached hydrogens (tertiary/aromatic N) is 2. The Bertz CT molecular complexity index is 1010. The van der Waals surface area contributed by atoms with Crippen LogP contribution in [0, 0.1) is 9.81 Å². The Hall–Kier alpha value is -3.40. The molecule has 26 heavy (non-hydrogen) atoms. The van der Waals surface area contributed by atoms with Crippen LogP contribution in [0.3, 0.4) is 0 Å². The molecule has 4 aromatic carbocycles. The van der Waals surface area contributed by atoms with Crippen molar-refractivity contribution in [1.29, 1.82) is 0 Å². The van der Waals surface area contributed by atoms with Crippen molar-refractivity contribution in [2.75, 3.05) is 0 Å². The summed E-state index contributed by atoms with van der Waals surface area (Å²) in [6, 6.07) is 25.1. The second kappa shape index (κ2) is 6.84. The molecule has 0 aliphatic carbocycles. The Morgan fingerprint density at radius 2 is 0.885 bits per heavy atom. The molecule has 4 nitrogen and oxygen atoms in total. The second-order valence-corrected chi connectivity index (χ2v) is 6.24. The fourth-order valence-corrected chi connectivity index (χ4v) is 3.59. The minimum Gasteiger partial charge on any atom is -0.150 e. The first-order valence-electron chi connectivity index (χ1n) is 8.43. The van der Waals surface area contributed by atoms with Gasteiger partial charge in [0.1, 0.15) is 12.1 Å². The molecule has 126 valence electrons. The summed E-state index contributed by atoms with van der Waals surface area (Å²) in [6.45, 7) is 0. The van der Waals surface area contributed by atoms with Crippen LogP contribution >= 0.6 is 0 Å². The highest BCUT2D eigenvalue weighted by atomic mass is 16.3. The van der Waals surface area contributed by atoms with E-state index in [-0.39, 0.29) is 0 Å². The highest BCUT2D eigenvalue weighted by molar-refractivity contribution is 5.88. The normalized spacial score (nSPS) is 13.4. The van der Waals surface area contributed by atoms with E-state index in [0.29, 0.717) is 0 Å². The lowest BCUT2D eigenvalue weighted by atomic mass is 9.89. The predicted molar refractivity (Wildman–Crippen MR) is 105 cm³/mol. The monoisotopic (exact) mass is 340 g/mol. The van der Waals surface area contributed by atoms with Crippen LogP contribution in [-0.4, -0.2) is 0 Å². The van der Waals surface area contributed by atoms with E-state index in [4.69, 9.17) is 0 Å². The smallest absolute Gasteiger partial charge is 0.147 e. The van der Waals surface area contributed by atoms with Crippen molar-refractivity contribution in [3.8, 4) is 0 Å². The Kier molecular flexibility index (Phi) is 4.23. The average molecular weight is 340 g/mol. The van der Waals surface area contributed by atoms with Crippen LogP contribution in [0.25, 0.3) is 21.5 Å². The van der Waals surface area contributed by atoms with Crippen molar-refractivity contribution in [2.24, 2.45) is 10.4 Å². The average Bonchev–Trinajstić information content (AvgIpc) is 2.71. The Morgan fingerprint density at radius 3 is 1.31 bits per heavy atom. The molecule has 0 aliphatic rings. The number of hydrogen-bond donors (Lipinski definition) is 0. The maximum absolute atomic E-state index is 11.8. The van der Waals surface area contributed by atoms with Crippen molar-refractivity contribution >= 4 is 21.5 Å². The van der Waals surface area contributed by atoms with Crippen LogP contribution in [0.15, 0.2) is 95.3 Å². The van der Waals surface area contributed by atoms with Gasteiger partial charge in [0.2, 0.25) is 0 Å². The maximum Gasteiger partial charge on any atom is 0.147 e. The van der Waals surface area contributed by atoms with E-state index in [9.17, 15) is 9.81 Å². The molecule has 0 saturated carbocycles. The van der Waals surface area contributed by atoms with Crippen LogP contribution in [0.1, 0.15) is 23.2 Å². The number of nitroso groups, excluding NO2 is 2. The first-order chi connectivity index (χ1) is 12.8. The van der Waals surface area contributed by atoms with Gasteiger partial charge in [-0.05, 0) is 32.7 Å². The van der Waals surface area contributed by atoms with Gasteiger partial charge >= 0.3 is 0 Å². The molecule has 0 aromatic heterocycles. The van der Waals surface area contributed by atoms with E-state index in [2.05, 4.69) is 10.4 Å². The summed E-state index contributed by atoms with van der Waals surface area (Å²) < 4.78 is 0. The van der Waals surface area contributed by atoms with Crippen LogP contribution < -0.4 is 0 Å². The third-order valence-electron chi connectivity index (χ3n) is 4.81. The largest absolute Gasteiger partial charge is 0.150 e. The predicted octanol–water partition coefficient (Wildman–Crippen LogP) is 6.31. The number of rotatable bonds is 5. The summed E-state index contributed by atoms with van der Waals surface area (Å²) in [7, 11) is 0. The van der Waals surface area contributed by atoms with Gasteiger partial charge in [-0.3, -0.25) is 0 Å². The topological polar surface area (TPSA) is 58.9 Å². The van der Waals surface area contributed by atoms with Gasteiger partial charge in [-0.2, -0.15) is 9.81 Å². The first kappa shape index (κ1) is 16.1. The molecule has 0 amide bonds. The molecule has 0 spiro atoms. The van der Waals surface area contributed by atoms with Crippen molar-refractivity contribution in [1.82, 2.24) is 0 Å². The Labute approximate surface area is 150 Å². The maximum atomic E-state index is 11.8. The van der Waals surface area contributed by atoms with E-state index < -0.39 is 12.1 Å². The van der Waals surface area contributed by atoms with Gasteiger partial charge in [0.15, 0.2) is 0 Å². The zero-order valence-corrected chi connectivity index (χ0v) is 13.9. The fourth-order valence-electron chi connectivity index (χ4n) is 3.59.